The van der Waals surface area contributed by atoms with Crippen LogP contribution in [0, 0.1) is 5.82 Å². The van der Waals surface area contributed by atoms with Gasteiger partial charge in [-0.05, 0) is 35.7 Å². The number of ether oxygens (including phenoxy) is 1. The zero-order chi connectivity index (χ0) is 22.3. The number of benzene rings is 2. The molecule has 0 aromatic heterocycles. The van der Waals surface area contributed by atoms with Crippen LogP contribution < -0.4 is 15.5 Å². The maximum atomic E-state index is 13.4. The Hall–Kier alpha value is -2.24. The molecule has 2 aromatic carbocycles. The Morgan fingerprint density at radius 2 is 1.82 bits per heavy atom. The molecule has 2 N–H and O–H groups in total. The number of anilines is 1. The van der Waals surface area contributed by atoms with E-state index in [9.17, 15) is 9.18 Å². The molecular weight excluding hydrogens is 536 g/mol. The number of aliphatic imine (C=N–C) groups is 1. The Balaban J connectivity index is 0.00000306. The maximum Gasteiger partial charge on any atom is 0.246 e. The van der Waals surface area contributed by atoms with Crippen molar-refractivity contribution in [3.05, 3.63) is 65.5 Å². The van der Waals surface area contributed by atoms with Crippen LogP contribution in [-0.2, 0) is 16.0 Å². The number of carbonyl (C=O) groups is 1. The van der Waals surface area contributed by atoms with Gasteiger partial charge in [-0.2, -0.15) is 0 Å². The topological polar surface area (TPSA) is 69.2 Å². The molecule has 7 nitrogen and oxygen atoms in total. The third-order valence-corrected chi connectivity index (χ3v) is 6.02. The number of fused-ring (bicyclic) bond motifs is 1. The quantitative estimate of drug-likeness (QED) is 0.319. The SMILES string of the molecule is CN=C(NCC(=O)N1CCc2ccccc21)NCC(c1ccc(F)cc1)N1CCOCC1.I. The zero-order valence-electron chi connectivity index (χ0n) is 18.8. The average molecular weight is 567 g/mol. The van der Waals surface area contributed by atoms with Crippen LogP contribution in [0.15, 0.2) is 53.5 Å². The van der Waals surface area contributed by atoms with Gasteiger partial charge in [0.25, 0.3) is 0 Å². The summed E-state index contributed by atoms with van der Waals surface area (Å²) >= 11 is 0. The molecule has 2 aliphatic heterocycles. The number of morpholine rings is 1. The van der Waals surface area contributed by atoms with Gasteiger partial charge in [-0.25, -0.2) is 4.39 Å². The van der Waals surface area contributed by atoms with E-state index in [-0.39, 0.29) is 48.3 Å². The van der Waals surface area contributed by atoms with Crippen molar-refractivity contribution in [3.63, 3.8) is 0 Å². The molecule has 0 saturated carbocycles. The minimum atomic E-state index is -0.248. The number of halogens is 2. The Labute approximate surface area is 211 Å². The number of hydrogen-bond acceptors (Lipinski definition) is 4. The van der Waals surface area contributed by atoms with Crippen LogP contribution in [-0.4, -0.2) is 69.8 Å². The smallest absolute Gasteiger partial charge is 0.246 e. The van der Waals surface area contributed by atoms with E-state index in [0.717, 1.165) is 30.8 Å². The highest BCUT2D eigenvalue weighted by Crippen LogP contribution is 2.27. The Bertz CT molecular complexity index is 950. The molecule has 178 valence electrons. The molecule has 2 aromatic rings. The molecule has 1 amide bonds. The van der Waals surface area contributed by atoms with E-state index in [4.69, 9.17) is 4.74 Å². The van der Waals surface area contributed by atoms with E-state index < -0.39 is 0 Å². The summed E-state index contributed by atoms with van der Waals surface area (Å²) in [5, 5.41) is 6.48. The van der Waals surface area contributed by atoms with Gasteiger partial charge >= 0.3 is 0 Å². The van der Waals surface area contributed by atoms with Crippen molar-refractivity contribution < 1.29 is 13.9 Å². The summed E-state index contributed by atoms with van der Waals surface area (Å²) in [5.74, 6) is 0.328. The predicted octanol–water partition coefficient (Wildman–Crippen LogP) is 2.57. The van der Waals surface area contributed by atoms with Crippen molar-refractivity contribution in [2.24, 2.45) is 4.99 Å². The summed E-state index contributed by atoms with van der Waals surface area (Å²) in [6.07, 6.45) is 0.883. The van der Waals surface area contributed by atoms with Crippen molar-refractivity contribution in [2.45, 2.75) is 12.5 Å². The van der Waals surface area contributed by atoms with Crippen LogP contribution in [0.3, 0.4) is 0 Å². The van der Waals surface area contributed by atoms with Gasteiger partial charge in [-0.15, -0.1) is 24.0 Å². The van der Waals surface area contributed by atoms with E-state index in [1.807, 2.05) is 35.2 Å². The Morgan fingerprint density at radius 1 is 1.09 bits per heavy atom. The van der Waals surface area contributed by atoms with Crippen LogP contribution in [0.5, 0.6) is 0 Å². The fraction of sp³-hybridized carbons (Fsp3) is 0.417. The molecule has 33 heavy (non-hydrogen) atoms. The largest absolute Gasteiger partial charge is 0.379 e. The molecule has 0 aliphatic carbocycles. The van der Waals surface area contributed by atoms with E-state index in [1.165, 1.54) is 17.7 Å². The monoisotopic (exact) mass is 567 g/mol. The molecule has 4 rings (SSSR count). The second kappa shape index (κ2) is 12.3. The van der Waals surface area contributed by atoms with Gasteiger partial charge < -0.3 is 20.3 Å². The number of amides is 1. The van der Waals surface area contributed by atoms with Gasteiger partial charge in [-0.3, -0.25) is 14.7 Å². The van der Waals surface area contributed by atoms with Crippen LogP contribution in [0.25, 0.3) is 0 Å². The van der Waals surface area contributed by atoms with Crippen molar-refractivity contribution >= 4 is 41.5 Å². The third kappa shape index (κ3) is 6.42. The minimum Gasteiger partial charge on any atom is -0.379 e. The molecule has 2 aliphatic rings. The second-order valence-electron chi connectivity index (χ2n) is 7.95. The van der Waals surface area contributed by atoms with Crippen LogP contribution in [0.1, 0.15) is 17.2 Å². The van der Waals surface area contributed by atoms with E-state index in [1.54, 1.807) is 7.05 Å². The fourth-order valence-corrected chi connectivity index (χ4v) is 4.30. The van der Waals surface area contributed by atoms with Gasteiger partial charge in [0.2, 0.25) is 5.91 Å². The van der Waals surface area contributed by atoms with Crippen molar-refractivity contribution in [3.8, 4) is 0 Å². The molecule has 9 heteroatoms. The molecule has 2 heterocycles. The molecule has 0 bridgehead atoms. The van der Waals surface area contributed by atoms with Crippen LogP contribution in [0.4, 0.5) is 10.1 Å². The number of hydrogen-bond donors (Lipinski definition) is 2. The van der Waals surface area contributed by atoms with E-state index in [2.05, 4.69) is 26.6 Å². The third-order valence-electron chi connectivity index (χ3n) is 6.02. The number of nitrogens with zero attached hydrogens (tertiary/aromatic N) is 3. The van der Waals surface area contributed by atoms with Gasteiger partial charge in [0, 0.05) is 38.9 Å². The van der Waals surface area contributed by atoms with Crippen LogP contribution >= 0.6 is 24.0 Å². The molecule has 1 unspecified atom stereocenters. The highest BCUT2D eigenvalue weighted by Gasteiger charge is 2.25. The highest BCUT2D eigenvalue weighted by molar-refractivity contribution is 14.0. The van der Waals surface area contributed by atoms with Crippen molar-refractivity contribution in [1.82, 2.24) is 15.5 Å². The van der Waals surface area contributed by atoms with Gasteiger partial charge in [-0.1, -0.05) is 30.3 Å². The first-order valence-corrected chi connectivity index (χ1v) is 11.1. The lowest BCUT2D eigenvalue weighted by molar-refractivity contribution is -0.117. The lowest BCUT2D eigenvalue weighted by Gasteiger charge is -2.35. The molecule has 0 spiro atoms. The molecule has 1 saturated heterocycles. The summed E-state index contributed by atoms with van der Waals surface area (Å²) in [6, 6.07) is 14.7. The first-order valence-electron chi connectivity index (χ1n) is 11.1. The van der Waals surface area contributed by atoms with E-state index in [0.29, 0.717) is 32.3 Å². The number of carbonyl (C=O) groups excluding carboxylic acids is 1. The van der Waals surface area contributed by atoms with Gasteiger partial charge in [0.05, 0.1) is 25.8 Å². The molecule has 1 atom stereocenters. The zero-order valence-corrected chi connectivity index (χ0v) is 21.1. The summed E-state index contributed by atoms with van der Waals surface area (Å²) in [6.45, 7) is 4.41. The number of nitrogens with one attached hydrogen (secondary N) is 2. The minimum absolute atomic E-state index is 0. The first kappa shape index (κ1) is 25.4. The summed E-state index contributed by atoms with van der Waals surface area (Å²) < 4.78 is 18.9. The van der Waals surface area contributed by atoms with Crippen molar-refractivity contribution in [1.29, 1.82) is 0 Å². The van der Waals surface area contributed by atoms with Gasteiger partial charge in [0.15, 0.2) is 5.96 Å². The average Bonchev–Trinajstić information content (AvgIpc) is 3.27. The Kier molecular flexibility index (Phi) is 9.45. The summed E-state index contributed by atoms with van der Waals surface area (Å²) in [4.78, 5) is 21.2. The summed E-state index contributed by atoms with van der Waals surface area (Å²) in [7, 11) is 1.69. The first-order chi connectivity index (χ1) is 15.7. The molecular formula is C24H31FIN5O2. The Morgan fingerprint density at radius 3 is 2.55 bits per heavy atom. The lowest BCUT2D eigenvalue weighted by atomic mass is 10.0. The second-order valence-corrected chi connectivity index (χ2v) is 7.95. The highest BCUT2D eigenvalue weighted by atomic mass is 127. The normalized spacial score (nSPS) is 17.2. The summed E-state index contributed by atoms with van der Waals surface area (Å²) in [5.41, 5.74) is 3.22. The molecule has 0 radical (unpaired) electrons. The fourth-order valence-electron chi connectivity index (χ4n) is 4.30. The lowest BCUT2D eigenvalue weighted by Crippen LogP contribution is -2.48. The van der Waals surface area contributed by atoms with Crippen molar-refractivity contribution in [2.75, 3.05) is 57.9 Å². The molecule has 1 fully saturated rings. The maximum absolute atomic E-state index is 13.4. The standard InChI is InChI=1S/C24H30FN5O2.HI/c1-26-24(28-17-23(31)30-11-10-18-4-2-3-5-21(18)30)27-16-22(29-12-14-32-15-13-29)19-6-8-20(25)9-7-19;/h2-9,22H,10-17H2,1H3,(H2,26,27,28);1H. The van der Waals surface area contributed by atoms with E-state index >= 15 is 0 Å². The number of para-hydroxylation sites is 1. The van der Waals surface area contributed by atoms with Gasteiger partial charge in [0.1, 0.15) is 5.82 Å². The number of rotatable bonds is 6. The predicted molar refractivity (Wildman–Crippen MR) is 139 cm³/mol. The van der Waals surface area contributed by atoms with Crippen LogP contribution in [0.2, 0.25) is 0 Å². The number of guanidine groups is 1.